The Hall–Kier alpha value is -6.72. The van der Waals surface area contributed by atoms with E-state index in [9.17, 15) is 0 Å². The van der Waals surface area contributed by atoms with Crippen LogP contribution >= 0.6 is 22.7 Å². The molecule has 59 heavy (non-hydrogen) atoms. The zero-order valence-corrected chi connectivity index (χ0v) is 33.6. The van der Waals surface area contributed by atoms with Crippen LogP contribution in [0.1, 0.15) is 29.2 Å². The standard InChI is InChI=1S/C55H34N2S2/c1-2-12-32(13-3-1)52-53(56-54-44-20-10-11-21-48(44)59-55(54)57-52)43-26-23-36-30-50-47(31-46(36)42-19-9-7-17-40(42)43)51-38-25-22-35(28-34(38)24-27-49(51)58-50)45-29-33-14-4-5-15-37(33)39-16-6-8-18-41(39)45/h1-22,24-25,27-31,43H,23,26H2. The highest BCUT2D eigenvalue weighted by atomic mass is 32.1. The molecular formula is C55H34N2S2. The average Bonchev–Trinajstić information content (AvgIpc) is 3.81. The maximum absolute atomic E-state index is 5.60. The van der Waals surface area contributed by atoms with Crippen molar-refractivity contribution in [2.45, 2.75) is 18.8 Å². The molecule has 0 saturated heterocycles. The molecule has 4 heteroatoms. The Kier molecular flexibility index (Phi) is 7.27. The summed E-state index contributed by atoms with van der Waals surface area (Å²) in [6.45, 7) is 0. The third-order valence-electron chi connectivity index (χ3n) is 12.7. The van der Waals surface area contributed by atoms with E-state index < -0.39 is 0 Å². The topological polar surface area (TPSA) is 25.8 Å². The molecule has 2 nitrogen and oxygen atoms in total. The molecule has 0 amide bonds. The van der Waals surface area contributed by atoms with Gasteiger partial charge in [-0.3, -0.25) is 0 Å². The van der Waals surface area contributed by atoms with Gasteiger partial charge >= 0.3 is 0 Å². The minimum atomic E-state index is 0.0876. The van der Waals surface area contributed by atoms with Gasteiger partial charge in [-0.1, -0.05) is 140 Å². The number of aromatic nitrogens is 2. The van der Waals surface area contributed by atoms with Crippen LogP contribution in [0.3, 0.4) is 0 Å². The first-order valence-electron chi connectivity index (χ1n) is 20.4. The Labute approximate surface area is 348 Å². The highest BCUT2D eigenvalue weighted by Gasteiger charge is 2.29. The molecule has 3 aromatic heterocycles. The number of fused-ring (bicyclic) bond motifs is 14. The first-order valence-corrected chi connectivity index (χ1v) is 22.0. The van der Waals surface area contributed by atoms with Crippen LogP contribution in [0.25, 0.3) is 106 Å². The molecule has 1 aliphatic carbocycles. The van der Waals surface area contributed by atoms with E-state index in [0.29, 0.717) is 0 Å². The molecule has 0 N–H and O–H groups in total. The normalized spacial score (nSPS) is 14.1. The minimum absolute atomic E-state index is 0.0876. The molecule has 0 spiro atoms. The summed E-state index contributed by atoms with van der Waals surface area (Å²) in [5, 5.41) is 11.6. The molecule has 0 radical (unpaired) electrons. The summed E-state index contributed by atoms with van der Waals surface area (Å²) in [7, 11) is 0. The van der Waals surface area contributed by atoms with Gasteiger partial charge in [0.1, 0.15) is 10.3 Å². The molecule has 1 aliphatic rings. The highest BCUT2D eigenvalue weighted by Crippen LogP contribution is 2.48. The number of hydrogen-bond acceptors (Lipinski definition) is 4. The number of benzene rings is 9. The summed E-state index contributed by atoms with van der Waals surface area (Å²) in [4.78, 5) is 12.0. The molecule has 13 rings (SSSR count). The van der Waals surface area contributed by atoms with E-state index in [1.54, 1.807) is 11.3 Å². The van der Waals surface area contributed by atoms with Crippen LogP contribution in [-0.2, 0) is 6.42 Å². The third-order valence-corrected chi connectivity index (χ3v) is 14.9. The summed E-state index contributed by atoms with van der Waals surface area (Å²) in [5.41, 5.74) is 12.1. The predicted octanol–water partition coefficient (Wildman–Crippen LogP) is 15.8. The minimum Gasteiger partial charge on any atom is -0.247 e. The largest absolute Gasteiger partial charge is 0.247 e. The first-order chi connectivity index (χ1) is 29.2. The van der Waals surface area contributed by atoms with Crippen molar-refractivity contribution in [1.29, 1.82) is 0 Å². The van der Waals surface area contributed by atoms with Gasteiger partial charge in [0.25, 0.3) is 0 Å². The number of thiophene rings is 2. The average molecular weight is 787 g/mol. The quantitative estimate of drug-likeness (QED) is 0.167. The van der Waals surface area contributed by atoms with Crippen molar-refractivity contribution < 1.29 is 0 Å². The van der Waals surface area contributed by atoms with Crippen LogP contribution < -0.4 is 0 Å². The zero-order valence-electron chi connectivity index (χ0n) is 31.9. The highest BCUT2D eigenvalue weighted by molar-refractivity contribution is 7.26. The molecule has 1 unspecified atom stereocenters. The van der Waals surface area contributed by atoms with Gasteiger partial charge in [-0.15, -0.1) is 22.7 Å². The summed E-state index contributed by atoms with van der Waals surface area (Å²) >= 11 is 3.66. The molecule has 0 saturated carbocycles. The van der Waals surface area contributed by atoms with E-state index >= 15 is 0 Å². The lowest BCUT2D eigenvalue weighted by atomic mass is 9.86. The molecule has 0 fully saturated rings. The van der Waals surface area contributed by atoms with Crippen molar-refractivity contribution >= 4 is 95.6 Å². The molecule has 0 bridgehead atoms. The molecule has 0 aliphatic heterocycles. The maximum Gasteiger partial charge on any atom is 0.143 e. The molecule has 3 heterocycles. The summed E-state index contributed by atoms with van der Waals surface area (Å²) in [5.74, 6) is 0.0876. The van der Waals surface area contributed by atoms with E-state index in [-0.39, 0.29) is 5.92 Å². The summed E-state index contributed by atoms with van der Waals surface area (Å²) < 4.78 is 3.91. The first kappa shape index (κ1) is 33.3. The summed E-state index contributed by atoms with van der Waals surface area (Å²) in [6.07, 6.45) is 1.92. The van der Waals surface area contributed by atoms with Crippen LogP contribution in [-0.4, -0.2) is 9.97 Å². The van der Waals surface area contributed by atoms with Crippen LogP contribution in [0.4, 0.5) is 0 Å². The second-order valence-electron chi connectivity index (χ2n) is 15.9. The van der Waals surface area contributed by atoms with Crippen molar-refractivity contribution in [3.8, 4) is 33.5 Å². The molecule has 12 aromatic rings. The summed E-state index contributed by atoms with van der Waals surface area (Å²) in [6, 6.07) is 65.1. The fraction of sp³-hybridized carbons (Fsp3) is 0.0545. The lowest BCUT2D eigenvalue weighted by Gasteiger charge is -2.20. The van der Waals surface area contributed by atoms with Gasteiger partial charge in [-0.25, -0.2) is 9.97 Å². The van der Waals surface area contributed by atoms with E-state index in [4.69, 9.17) is 9.97 Å². The Bertz CT molecular complexity index is 3690. The molecule has 9 aromatic carbocycles. The second-order valence-corrected chi connectivity index (χ2v) is 18.0. The molecule has 1 atom stereocenters. The monoisotopic (exact) mass is 786 g/mol. The lowest BCUT2D eigenvalue weighted by Crippen LogP contribution is -2.08. The number of hydrogen-bond donors (Lipinski definition) is 0. The van der Waals surface area contributed by atoms with Crippen LogP contribution in [0.2, 0.25) is 0 Å². The Balaban J connectivity index is 0.986. The Morgan fingerprint density at radius 1 is 0.441 bits per heavy atom. The third kappa shape index (κ3) is 5.10. The Morgan fingerprint density at radius 2 is 1.20 bits per heavy atom. The fourth-order valence-corrected chi connectivity index (χ4v) is 12.2. The Morgan fingerprint density at radius 3 is 2.12 bits per heavy atom. The molecular weight excluding hydrogens is 753 g/mol. The maximum atomic E-state index is 5.60. The van der Waals surface area contributed by atoms with E-state index in [1.165, 1.54) is 96.0 Å². The fourth-order valence-electron chi connectivity index (χ4n) is 9.98. The van der Waals surface area contributed by atoms with Crippen molar-refractivity contribution in [1.82, 2.24) is 9.97 Å². The molecule has 276 valence electrons. The number of aryl methyl sites for hydroxylation is 1. The zero-order chi connectivity index (χ0) is 38.6. The SMILES string of the molecule is c1ccc(-c2nc3sc4ccccc4c3nc2C2CCc3cc4sc5ccc6cc(-c7cc8ccccc8c8ccccc78)ccc6c5c4cc3-c3ccccc32)cc1. The van der Waals surface area contributed by atoms with Crippen LogP contribution in [0.15, 0.2) is 176 Å². The van der Waals surface area contributed by atoms with E-state index in [2.05, 4.69) is 176 Å². The van der Waals surface area contributed by atoms with E-state index in [0.717, 1.165) is 40.1 Å². The van der Waals surface area contributed by atoms with Crippen molar-refractivity contribution in [3.63, 3.8) is 0 Å². The van der Waals surface area contributed by atoms with Gasteiger partial charge in [0.15, 0.2) is 0 Å². The van der Waals surface area contributed by atoms with Gasteiger partial charge in [-0.2, -0.15) is 0 Å². The van der Waals surface area contributed by atoms with Gasteiger partial charge in [-0.05, 0) is 115 Å². The van der Waals surface area contributed by atoms with Crippen LogP contribution in [0, 0.1) is 0 Å². The van der Waals surface area contributed by atoms with Gasteiger partial charge < -0.3 is 0 Å². The van der Waals surface area contributed by atoms with Gasteiger partial charge in [0, 0.05) is 41.7 Å². The predicted molar refractivity (Wildman–Crippen MR) is 253 cm³/mol. The number of nitrogens with zero attached hydrogens (tertiary/aromatic N) is 2. The van der Waals surface area contributed by atoms with Gasteiger partial charge in [0.2, 0.25) is 0 Å². The second kappa shape index (κ2) is 12.9. The lowest BCUT2D eigenvalue weighted by molar-refractivity contribution is 0.707. The van der Waals surface area contributed by atoms with Gasteiger partial charge in [0.05, 0.1) is 11.4 Å². The van der Waals surface area contributed by atoms with Crippen molar-refractivity contribution in [3.05, 3.63) is 193 Å². The van der Waals surface area contributed by atoms with E-state index in [1.807, 2.05) is 11.3 Å². The van der Waals surface area contributed by atoms with Crippen LogP contribution in [0.5, 0.6) is 0 Å². The van der Waals surface area contributed by atoms with Crippen molar-refractivity contribution in [2.75, 3.05) is 0 Å². The number of rotatable bonds is 3. The van der Waals surface area contributed by atoms with Crippen molar-refractivity contribution in [2.24, 2.45) is 0 Å². The smallest absolute Gasteiger partial charge is 0.143 e.